The summed E-state index contributed by atoms with van der Waals surface area (Å²) in [6.45, 7) is 3.14. The maximum absolute atomic E-state index is 13.1. The van der Waals surface area contributed by atoms with Crippen molar-refractivity contribution in [3.63, 3.8) is 0 Å². The molecule has 0 spiro atoms. The molecule has 1 rings (SSSR count). The van der Waals surface area contributed by atoms with Gasteiger partial charge in [-0.3, -0.25) is 4.99 Å². The Balaban J connectivity index is 3.35. The fourth-order valence-electron chi connectivity index (χ4n) is 0.970. The first-order valence-corrected chi connectivity index (χ1v) is 3.68. The molecule has 0 fully saturated rings. The van der Waals surface area contributed by atoms with Crippen LogP contribution < -0.4 is 0 Å². The first-order valence-electron chi connectivity index (χ1n) is 3.68. The predicted octanol–water partition coefficient (Wildman–Crippen LogP) is 2.18. The number of hydrogen-bond acceptors (Lipinski definition) is 1. The monoisotopic (exact) mass is 200 g/mol. The van der Waals surface area contributed by atoms with Crippen LogP contribution in [0.25, 0.3) is 0 Å². The molecule has 14 heavy (non-hydrogen) atoms. The van der Waals surface area contributed by atoms with Crippen molar-refractivity contribution in [1.82, 2.24) is 0 Å². The van der Waals surface area contributed by atoms with Gasteiger partial charge in [-0.25, -0.2) is 18.2 Å². The highest BCUT2D eigenvalue weighted by atomic mass is 19.2. The fraction of sp³-hybridized carbons (Fsp3) is 0.111. The van der Waals surface area contributed by atoms with E-state index in [1.807, 2.05) is 0 Å². The SMILES string of the molecule is C=NC(=NC)c1cc(F)c(F)cc1F. The third-order valence-corrected chi connectivity index (χ3v) is 1.61. The lowest BCUT2D eigenvalue weighted by Gasteiger charge is -2.02. The van der Waals surface area contributed by atoms with Gasteiger partial charge in [0.2, 0.25) is 0 Å². The zero-order chi connectivity index (χ0) is 10.7. The van der Waals surface area contributed by atoms with Gasteiger partial charge in [0.25, 0.3) is 0 Å². The molecule has 5 heteroatoms. The molecule has 0 amide bonds. The summed E-state index contributed by atoms with van der Waals surface area (Å²) in [6, 6.07) is 1.14. The van der Waals surface area contributed by atoms with Crippen molar-refractivity contribution in [2.75, 3.05) is 7.05 Å². The van der Waals surface area contributed by atoms with Crippen LogP contribution in [0.2, 0.25) is 0 Å². The Morgan fingerprint density at radius 3 is 2.21 bits per heavy atom. The van der Waals surface area contributed by atoms with Crippen LogP contribution in [0, 0.1) is 17.5 Å². The quantitative estimate of drug-likeness (QED) is 0.377. The number of aliphatic imine (C=N–C) groups is 2. The number of rotatable bonds is 1. The Hall–Kier alpha value is -1.65. The molecule has 0 saturated carbocycles. The van der Waals surface area contributed by atoms with E-state index >= 15 is 0 Å². The van der Waals surface area contributed by atoms with Crippen LogP contribution in [0.5, 0.6) is 0 Å². The second kappa shape index (κ2) is 4.04. The summed E-state index contributed by atoms with van der Waals surface area (Å²) in [4.78, 5) is 6.95. The van der Waals surface area contributed by atoms with Crippen LogP contribution in [0.1, 0.15) is 5.56 Å². The maximum Gasteiger partial charge on any atom is 0.161 e. The molecule has 0 heterocycles. The van der Waals surface area contributed by atoms with Gasteiger partial charge in [-0.15, -0.1) is 0 Å². The molecule has 0 aliphatic heterocycles. The van der Waals surface area contributed by atoms with E-state index in [1.54, 1.807) is 0 Å². The van der Waals surface area contributed by atoms with Crippen LogP contribution in [-0.2, 0) is 0 Å². The first-order chi connectivity index (χ1) is 6.60. The molecule has 0 atom stereocenters. The Bertz CT molecular complexity index is 399. The van der Waals surface area contributed by atoms with E-state index in [0.29, 0.717) is 12.1 Å². The Kier molecular flexibility index (Phi) is 3.01. The van der Waals surface area contributed by atoms with Crippen molar-refractivity contribution in [3.8, 4) is 0 Å². The van der Waals surface area contributed by atoms with Crippen molar-refractivity contribution in [3.05, 3.63) is 35.1 Å². The molecule has 0 saturated heterocycles. The number of nitrogens with zero attached hydrogens (tertiary/aromatic N) is 2. The average Bonchev–Trinajstić information content (AvgIpc) is 2.15. The van der Waals surface area contributed by atoms with Crippen molar-refractivity contribution < 1.29 is 13.2 Å². The van der Waals surface area contributed by atoms with Crippen LogP contribution in [0.3, 0.4) is 0 Å². The lowest BCUT2D eigenvalue weighted by Crippen LogP contribution is -2.02. The lowest BCUT2D eigenvalue weighted by molar-refractivity contribution is 0.494. The first kappa shape index (κ1) is 10.4. The Morgan fingerprint density at radius 2 is 1.71 bits per heavy atom. The molecule has 1 aromatic rings. The molecule has 0 unspecified atom stereocenters. The van der Waals surface area contributed by atoms with Gasteiger partial charge in [-0.2, -0.15) is 0 Å². The summed E-state index contributed by atoms with van der Waals surface area (Å²) in [5, 5.41) is 0. The second-order valence-corrected chi connectivity index (χ2v) is 2.45. The van der Waals surface area contributed by atoms with Gasteiger partial charge in [0, 0.05) is 13.1 Å². The molecule has 0 aliphatic carbocycles. The summed E-state index contributed by atoms with van der Waals surface area (Å²) in [7, 11) is 1.35. The van der Waals surface area contributed by atoms with E-state index in [4.69, 9.17) is 0 Å². The highest BCUT2D eigenvalue weighted by Gasteiger charge is 2.12. The van der Waals surface area contributed by atoms with Gasteiger partial charge in [-0.1, -0.05) is 0 Å². The molecular formula is C9H7F3N2. The van der Waals surface area contributed by atoms with E-state index < -0.39 is 17.5 Å². The van der Waals surface area contributed by atoms with Crippen LogP contribution in [0.4, 0.5) is 13.2 Å². The van der Waals surface area contributed by atoms with Gasteiger partial charge in [0.15, 0.2) is 17.5 Å². The number of amidine groups is 1. The molecule has 0 aromatic heterocycles. The van der Waals surface area contributed by atoms with Gasteiger partial charge in [0.1, 0.15) is 5.82 Å². The van der Waals surface area contributed by atoms with Crippen LogP contribution >= 0.6 is 0 Å². The predicted molar refractivity (Wildman–Crippen MR) is 48.3 cm³/mol. The Labute approximate surface area is 78.8 Å². The number of benzene rings is 1. The van der Waals surface area contributed by atoms with E-state index in [1.165, 1.54) is 7.05 Å². The highest BCUT2D eigenvalue weighted by Crippen LogP contribution is 2.14. The van der Waals surface area contributed by atoms with Crippen molar-refractivity contribution in [2.45, 2.75) is 0 Å². The molecule has 0 aliphatic rings. The van der Waals surface area contributed by atoms with Crippen molar-refractivity contribution in [1.29, 1.82) is 0 Å². The summed E-state index contributed by atoms with van der Waals surface area (Å²) in [5.41, 5.74) is -0.207. The summed E-state index contributed by atoms with van der Waals surface area (Å²) in [6.07, 6.45) is 0. The molecule has 74 valence electrons. The van der Waals surface area contributed by atoms with Crippen molar-refractivity contribution in [2.24, 2.45) is 9.98 Å². The van der Waals surface area contributed by atoms with Gasteiger partial charge >= 0.3 is 0 Å². The largest absolute Gasteiger partial charge is 0.270 e. The average molecular weight is 200 g/mol. The van der Waals surface area contributed by atoms with E-state index in [0.717, 1.165) is 0 Å². The topological polar surface area (TPSA) is 24.7 Å². The normalized spacial score (nSPS) is 11.6. The minimum Gasteiger partial charge on any atom is -0.270 e. The summed E-state index contributed by atoms with van der Waals surface area (Å²) < 4.78 is 38.3. The minimum absolute atomic E-state index is 0.0681. The van der Waals surface area contributed by atoms with Gasteiger partial charge in [-0.05, 0) is 12.8 Å². The summed E-state index contributed by atoms with van der Waals surface area (Å²) >= 11 is 0. The standard InChI is InChI=1S/C9H7F3N2/c1-13-9(14-2)5-3-7(11)8(12)4-6(5)10/h3-4H,1H2,2H3. The maximum atomic E-state index is 13.1. The number of hydrogen-bond donors (Lipinski definition) is 0. The van der Waals surface area contributed by atoms with Gasteiger partial charge < -0.3 is 0 Å². The zero-order valence-electron chi connectivity index (χ0n) is 7.39. The van der Waals surface area contributed by atoms with E-state index in [2.05, 4.69) is 16.7 Å². The third kappa shape index (κ3) is 1.81. The second-order valence-electron chi connectivity index (χ2n) is 2.45. The third-order valence-electron chi connectivity index (χ3n) is 1.61. The van der Waals surface area contributed by atoms with Gasteiger partial charge in [0.05, 0.1) is 5.56 Å². The molecule has 0 radical (unpaired) electrons. The Morgan fingerprint density at radius 1 is 1.14 bits per heavy atom. The smallest absolute Gasteiger partial charge is 0.161 e. The molecule has 1 aromatic carbocycles. The number of halogens is 3. The molecule has 0 N–H and O–H groups in total. The van der Waals surface area contributed by atoms with Crippen LogP contribution in [-0.4, -0.2) is 19.6 Å². The molecular weight excluding hydrogens is 193 g/mol. The molecule has 0 bridgehead atoms. The van der Waals surface area contributed by atoms with E-state index in [-0.39, 0.29) is 11.4 Å². The van der Waals surface area contributed by atoms with Crippen molar-refractivity contribution >= 4 is 12.6 Å². The fourth-order valence-corrected chi connectivity index (χ4v) is 0.970. The summed E-state index contributed by atoms with van der Waals surface area (Å²) in [5.74, 6) is -3.38. The highest BCUT2D eigenvalue weighted by molar-refractivity contribution is 6.01. The minimum atomic E-state index is -1.24. The van der Waals surface area contributed by atoms with E-state index in [9.17, 15) is 13.2 Å². The zero-order valence-corrected chi connectivity index (χ0v) is 7.39. The molecule has 2 nitrogen and oxygen atoms in total. The van der Waals surface area contributed by atoms with Crippen LogP contribution in [0.15, 0.2) is 22.1 Å². The lowest BCUT2D eigenvalue weighted by atomic mass is 10.2.